The van der Waals surface area contributed by atoms with Crippen molar-refractivity contribution in [3.05, 3.63) is 22.6 Å². The van der Waals surface area contributed by atoms with E-state index < -0.39 is 5.54 Å². The average molecular weight is 244 g/mol. The number of carbonyl (C=O) groups excluding carboxylic acids is 1. The van der Waals surface area contributed by atoms with E-state index in [1.807, 2.05) is 27.7 Å². The van der Waals surface area contributed by atoms with Crippen molar-refractivity contribution in [2.75, 3.05) is 5.88 Å². The molecule has 4 heteroatoms. The van der Waals surface area contributed by atoms with Gasteiger partial charge in [-0.05, 0) is 34.6 Å². The van der Waals surface area contributed by atoms with Crippen LogP contribution in [0.5, 0.6) is 0 Å². The van der Waals surface area contributed by atoms with E-state index in [1.165, 1.54) is 0 Å². The zero-order valence-corrected chi connectivity index (χ0v) is 11.2. The van der Waals surface area contributed by atoms with Gasteiger partial charge in [0.15, 0.2) is 0 Å². The van der Waals surface area contributed by atoms with Gasteiger partial charge < -0.3 is 9.73 Å². The summed E-state index contributed by atoms with van der Waals surface area (Å²) in [5.41, 5.74) is 1.10. The molecule has 0 saturated carbocycles. The van der Waals surface area contributed by atoms with Crippen molar-refractivity contribution in [1.82, 2.24) is 5.32 Å². The number of halogens is 1. The molecule has 0 atom stereocenters. The second-order valence-electron chi connectivity index (χ2n) is 4.69. The monoisotopic (exact) mass is 243 g/mol. The number of rotatable bonds is 3. The molecule has 0 aromatic carbocycles. The number of hydrogen-bond donors (Lipinski definition) is 1. The van der Waals surface area contributed by atoms with E-state index in [0.717, 1.165) is 11.3 Å². The molecule has 1 aromatic heterocycles. The molecule has 0 saturated heterocycles. The molecular formula is C12H18ClNO2. The van der Waals surface area contributed by atoms with Gasteiger partial charge in [0.05, 0.1) is 5.56 Å². The maximum absolute atomic E-state index is 12.0. The van der Waals surface area contributed by atoms with Gasteiger partial charge in [0.2, 0.25) is 0 Å². The van der Waals surface area contributed by atoms with Gasteiger partial charge in [0.25, 0.3) is 5.91 Å². The van der Waals surface area contributed by atoms with Crippen LogP contribution in [-0.2, 0) is 0 Å². The van der Waals surface area contributed by atoms with E-state index >= 15 is 0 Å². The van der Waals surface area contributed by atoms with Crippen molar-refractivity contribution in [2.24, 2.45) is 0 Å². The lowest BCUT2D eigenvalue weighted by atomic mass is 10.1. The third-order valence-corrected chi connectivity index (χ3v) is 3.24. The fourth-order valence-corrected chi connectivity index (χ4v) is 1.60. The molecule has 0 unspecified atom stereocenters. The third kappa shape index (κ3) is 2.59. The Morgan fingerprint density at radius 2 is 1.88 bits per heavy atom. The molecule has 0 spiro atoms. The highest BCUT2D eigenvalue weighted by molar-refractivity contribution is 6.18. The molecule has 0 aliphatic carbocycles. The summed E-state index contributed by atoms with van der Waals surface area (Å²) in [4.78, 5) is 12.0. The lowest BCUT2D eigenvalue weighted by molar-refractivity contribution is 0.0918. The van der Waals surface area contributed by atoms with Crippen LogP contribution in [0.4, 0.5) is 0 Å². The topological polar surface area (TPSA) is 42.2 Å². The van der Waals surface area contributed by atoms with Gasteiger partial charge in [-0.25, -0.2) is 0 Å². The summed E-state index contributed by atoms with van der Waals surface area (Å²) in [7, 11) is 0. The molecule has 1 N–H and O–H groups in total. The van der Waals surface area contributed by atoms with Crippen LogP contribution in [0.25, 0.3) is 0 Å². The highest BCUT2D eigenvalue weighted by atomic mass is 35.5. The van der Waals surface area contributed by atoms with E-state index in [4.69, 9.17) is 16.0 Å². The summed E-state index contributed by atoms with van der Waals surface area (Å²) in [6.07, 6.45) is 0. The normalized spacial score (nSPS) is 11.6. The Kier molecular flexibility index (Phi) is 3.68. The summed E-state index contributed by atoms with van der Waals surface area (Å²) < 4.78 is 5.42. The van der Waals surface area contributed by atoms with E-state index in [2.05, 4.69) is 5.32 Å². The van der Waals surface area contributed by atoms with Gasteiger partial charge in [-0.2, -0.15) is 0 Å². The second-order valence-corrected chi connectivity index (χ2v) is 4.95. The minimum atomic E-state index is -0.414. The van der Waals surface area contributed by atoms with Crippen LogP contribution in [0, 0.1) is 20.8 Å². The van der Waals surface area contributed by atoms with Gasteiger partial charge in [0, 0.05) is 17.0 Å². The maximum atomic E-state index is 12.0. The lowest BCUT2D eigenvalue weighted by Gasteiger charge is -2.23. The van der Waals surface area contributed by atoms with Gasteiger partial charge in [-0.15, -0.1) is 11.6 Å². The Bertz CT molecular complexity index is 407. The molecule has 0 bridgehead atoms. The maximum Gasteiger partial charge on any atom is 0.255 e. The molecule has 1 amide bonds. The van der Waals surface area contributed by atoms with Gasteiger partial charge in [0.1, 0.15) is 11.5 Å². The molecular weight excluding hydrogens is 226 g/mol. The first-order valence-electron chi connectivity index (χ1n) is 5.23. The number of furan rings is 1. The van der Waals surface area contributed by atoms with Gasteiger partial charge in [-0.3, -0.25) is 4.79 Å². The zero-order chi connectivity index (χ0) is 12.5. The van der Waals surface area contributed by atoms with Crippen LogP contribution in [-0.4, -0.2) is 17.3 Å². The molecule has 90 valence electrons. The van der Waals surface area contributed by atoms with Crippen LogP contribution in [0.15, 0.2) is 4.42 Å². The van der Waals surface area contributed by atoms with Crippen LogP contribution in [0.1, 0.15) is 41.3 Å². The Morgan fingerprint density at radius 1 is 1.31 bits per heavy atom. The predicted octanol–water partition coefficient (Wildman–Crippen LogP) is 2.95. The van der Waals surface area contributed by atoms with Crippen molar-refractivity contribution in [3.8, 4) is 0 Å². The molecule has 1 rings (SSSR count). The standard InChI is InChI=1S/C12H18ClNO2/c1-7-8(2)16-9(3)10(7)11(15)14-12(4,5)6-13/h6H2,1-5H3,(H,14,15). The first-order chi connectivity index (χ1) is 7.28. The van der Waals surface area contributed by atoms with Crippen LogP contribution < -0.4 is 5.32 Å². The largest absolute Gasteiger partial charge is 0.466 e. The summed E-state index contributed by atoms with van der Waals surface area (Å²) in [5.74, 6) is 1.68. The van der Waals surface area contributed by atoms with E-state index in [9.17, 15) is 4.79 Å². The lowest BCUT2D eigenvalue weighted by Crippen LogP contribution is -2.45. The SMILES string of the molecule is Cc1oc(C)c(C(=O)NC(C)(C)CCl)c1C. The summed E-state index contributed by atoms with van der Waals surface area (Å²) in [6, 6.07) is 0. The number of nitrogens with one attached hydrogen (secondary N) is 1. The Balaban J connectivity index is 2.98. The minimum Gasteiger partial charge on any atom is -0.466 e. The van der Waals surface area contributed by atoms with Crippen LogP contribution >= 0.6 is 11.6 Å². The van der Waals surface area contributed by atoms with Crippen LogP contribution in [0.3, 0.4) is 0 Å². The van der Waals surface area contributed by atoms with Crippen molar-refractivity contribution < 1.29 is 9.21 Å². The number of hydrogen-bond acceptors (Lipinski definition) is 2. The Labute approximate surface area is 101 Å². The van der Waals surface area contributed by atoms with Gasteiger partial charge in [-0.1, -0.05) is 0 Å². The van der Waals surface area contributed by atoms with E-state index in [-0.39, 0.29) is 5.91 Å². The summed E-state index contributed by atoms with van der Waals surface area (Å²) in [5, 5.41) is 2.89. The Morgan fingerprint density at radius 3 is 2.25 bits per heavy atom. The smallest absolute Gasteiger partial charge is 0.255 e. The highest BCUT2D eigenvalue weighted by Gasteiger charge is 2.24. The van der Waals surface area contributed by atoms with E-state index in [1.54, 1.807) is 6.92 Å². The second kappa shape index (κ2) is 4.50. The molecule has 3 nitrogen and oxygen atoms in total. The molecule has 1 aromatic rings. The first kappa shape index (κ1) is 13.1. The van der Waals surface area contributed by atoms with Gasteiger partial charge >= 0.3 is 0 Å². The number of aryl methyl sites for hydroxylation is 2. The molecule has 0 fully saturated rings. The molecule has 0 aliphatic rings. The highest BCUT2D eigenvalue weighted by Crippen LogP contribution is 2.21. The van der Waals surface area contributed by atoms with Crippen molar-refractivity contribution >= 4 is 17.5 Å². The van der Waals surface area contributed by atoms with Crippen molar-refractivity contribution in [2.45, 2.75) is 40.2 Å². The number of carbonyl (C=O) groups is 1. The quantitative estimate of drug-likeness (QED) is 0.830. The number of amides is 1. The molecule has 16 heavy (non-hydrogen) atoms. The summed E-state index contributed by atoms with van der Waals surface area (Å²) in [6.45, 7) is 9.30. The minimum absolute atomic E-state index is 0.127. The van der Waals surface area contributed by atoms with Crippen LogP contribution in [0.2, 0.25) is 0 Å². The first-order valence-corrected chi connectivity index (χ1v) is 5.77. The average Bonchev–Trinajstić information content (AvgIpc) is 2.40. The Hall–Kier alpha value is -0.960. The summed E-state index contributed by atoms with van der Waals surface area (Å²) >= 11 is 5.77. The molecule has 0 radical (unpaired) electrons. The predicted molar refractivity (Wildman–Crippen MR) is 65.2 cm³/mol. The fraction of sp³-hybridized carbons (Fsp3) is 0.583. The number of alkyl halides is 1. The fourth-order valence-electron chi connectivity index (χ4n) is 1.53. The molecule has 1 heterocycles. The van der Waals surface area contributed by atoms with Crippen molar-refractivity contribution in [3.63, 3.8) is 0 Å². The third-order valence-electron chi connectivity index (χ3n) is 2.57. The zero-order valence-electron chi connectivity index (χ0n) is 10.4. The molecule has 0 aliphatic heterocycles. The van der Waals surface area contributed by atoms with E-state index in [0.29, 0.717) is 17.2 Å². The van der Waals surface area contributed by atoms with Crippen molar-refractivity contribution in [1.29, 1.82) is 0 Å².